The van der Waals surface area contributed by atoms with Crippen LogP contribution in [0.5, 0.6) is 11.5 Å². The Bertz CT molecular complexity index is 1190. The maximum Gasteiger partial charge on any atom is 0.338 e. The minimum atomic E-state index is -0.388. The molecule has 0 spiro atoms. The van der Waals surface area contributed by atoms with E-state index in [0.717, 1.165) is 12.0 Å². The molecule has 0 radical (unpaired) electrons. The number of rotatable bonds is 10. The van der Waals surface area contributed by atoms with Crippen molar-refractivity contribution in [1.82, 2.24) is 0 Å². The number of hydrogen-bond acceptors (Lipinski definition) is 5. The van der Waals surface area contributed by atoms with Gasteiger partial charge in [0, 0.05) is 27.4 Å². The zero-order chi connectivity index (χ0) is 25.2. The van der Waals surface area contributed by atoms with Crippen molar-refractivity contribution < 1.29 is 23.8 Å². The van der Waals surface area contributed by atoms with Crippen molar-refractivity contribution in [3.05, 3.63) is 93.5 Å². The summed E-state index contributed by atoms with van der Waals surface area (Å²) in [6.45, 7) is 2.48. The van der Waals surface area contributed by atoms with Gasteiger partial charge in [-0.05, 0) is 66.6 Å². The van der Waals surface area contributed by atoms with E-state index in [1.54, 1.807) is 66.7 Å². The second kappa shape index (κ2) is 12.8. The lowest BCUT2D eigenvalue weighted by Gasteiger charge is -2.13. The number of hydrogen-bond donors (Lipinski definition) is 1. The van der Waals surface area contributed by atoms with Crippen LogP contribution in [0, 0.1) is 0 Å². The predicted octanol–water partition coefficient (Wildman–Crippen LogP) is 6.80. The molecule has 0 heterocycles. The Labute approximate surface area is 214 Å². The van der Waals surface area contributed by atoms with E-state index in [0.29, 0.717) is 45.0 Å². The van der Waals surface area contributed by atoms with Crippen LogP contribution in [0.2, 0.25) is 10.0 Å². The van der Waals surface area contributed by atoms with E-state index in [9.17, 15) is 9.59 Å². The van der Waals surface area contributed by atoms with Crippen LogP contribution in [-0.2, 0) is 16.1 Å². The maximum absolute atomic E-state index is 12.3. The van der Waals surface area contributed by atoms with Crippen molar-refractivity contribution in [3.8, 4) is 11.5 Å². The van der Waals surface area contributed by atoms with Crippen molar-refractivity contribution in [1.29, 1.82) is 0 Å². The first-order valence-corrected chi connectivity index (χ1v) is 11.7. The highest BCUT2D eigenvalue weighted by Crippen LogP contribution is 2.31. The summed E-state index contributed by atoms with van der Waals surface area (Å²) in [4.78, 5) is 24.2. The summed E-state index contributed by atoms with van der Waals surface area (Å²) in [6.07, 6.45) is 3.82. The summed E-state index contributed by atoms with van der Waals surface area (Å²) in [6, 6.07) is 17.1. The zero-order valence-electron chi connectivity index (χ0n) is 19.3. The van der Waals surface area contributed by atoms with Crippen molar-refractivity contribution in [3.63, 3.8) is 0 Å². The van der Waals surface area contributed by atoms with E-state index in [1.807, 2.05) is 6.92 Å². The highest BCUT2D eigenvalue weighted by atomic mass is 35.5. The molecule has 8 heteroatoms. The smallest absolute Gasteiger partial charge is 0.338 e. The molecule has 0 saturated heterocycles. The Balaban J connectivity index is 1.60. The van der Waals surface area contributed by atoms with Crippen LogP contribution in [0.25, 0.3) is 6.08 Å². The quantitative estimate of drug-likeness (QED) is 0.238. The summed E-state index contributed by atoms with van der Waals surface area (Å²) in [5.41, 5.74) is 2.42. The van der Waals surface area contributed by atoms with Gasteiger partial charge >= 0.3 is 5.97 Å². The number of nitrogens with one attached hydrogen (secondary N) is 1. The molecule has 0 atom stereocenters. The van der Waals surface area contributed by atoms with E-state index in [2.05, 4.69) is 5.32 Å². The average Bonchev–Trinajstić information content (AvgIpc) is 2.86. The number of methoxy groups -OCH3 is 1. The zero-order valence-corrected chi connectivity index (χ0v) is 20.9. The Morgan fingerprint density at radius 3 is 2.34 bits per heavy atom. The largest absolute Gasteiger partial charge is 0.493 e. The van der Waals surface area contributed by atoms with Crippen LogP contribution in [0.3, 0.4) is 0 Å². The Morgan fingerprint density at radius 2 is 1.69 bits per heavy atom. The molecule has 1 amide bonds. The van der Waals surface area contributed by atoms with Gasteiger partial charge in [0.2, 0.25) is 5.91 Å². The molecule has 0 aliphatic heterocycles. The minimum Gasteiger partial charge on any atom is -0.493 e. The Morgan fingerprint density at radius 1 is 0.971 bits per heavy atom. The fraction of sp³-hybridized carbons (Fsp3) is 0.185. The highest BCUT2D eigenvalue weighted by molar-refractivity contribution is 6.35. The second-order valence-corrected chi connectivity index (χ2v) is 8.25. The van der Waals surface area contributed by atoms with Crippen molar-refractivity contribution >= 4 is 46.8 Å². The van der Waals surface area contributed by atoms with Crippen molar-refractivity contribution in [2.45, 2.75) is 20.0 Å². The Hall–Kier alpha value is -3.48. The standard InChI is InChI=1S/C27H25Cl2NO5/c1-3-15-34-27(32)19-9-11-20(12-10-19)30-26(31)14-8-18-7-13-24(25(16-18)33-2)35-17-21-22(28)5-4-6-23(21)29/h4-14,16H,3,15,17H2,1-2H3,(H,30,31)/b14-8+. The second-order valence-electron chi connectivity index (χ2n) is 7.44. The molecule has 35 heavy (non-hydrogen) atoms. The van der Waals surface area contributed by atoms with Gasteiger partial charge in [0.1, 0.15) is 6.61 Å². The van der Waals surface area contributed by atoms with E-state index in [1.165, 1.54) is 13.2 Å². The fourth-order valence-corrected chi connectivity index (χ4v) is 3.56. The van der Waals surface area contributed by atoms with Gasteiger partial charge < -0.3 is 19.5 Å². The van der Waals surface area contributed by atoms with Gasteiger partial charge in [-0.15, -0.1) is 0 Å². The molecule has 1 N–H and O–H groups in total. The molecule has 182 valence electrons. The van der Waals surface area contributed by atoms with Crippen molar-refractivity contribution in [2.75, 3.05) is 19.0 Å². The number of carbonyl (C=O) groups excluding carboxylic acids is 2. The van der Waals surface area contributed by atoms with Gasteiger partial charge in [-0.1, -0.05) is 42.3 Å². The van der Waals surface area contributed by atoms with E-state index in [4.69, 9.17) is 37.4 Å². The monoisotopic (exact) mass is 513 g/mol. The number of ether oxygens (including phenoxy) is 3. The molecule has 0 aliphatic rings. The average molecular weight is 514 g/mol. The Kier molecular flexibility index (Phi) is 9.58. The molecule has 0 fully saturated rings. The van der Waals surface area contributed by atoms with E-state index in [-0.39, 0.29) is 18.5 Å². The third kappa shape index (κ3) is 7.50. The summed E-state index contributed by atoms with van der Waals surface area (Å²) in [7, 11) is 1.53. The number of amides is 1. The lowest BCUT2D eigenvalue weighted by molar-refractivity contribution is -0.111. The van der Waals surface area contributed by atoms with Gasteiger partial charge in [-0.2, -0.15) is 0 Å². The molecule has 6 nitrogen and oxygen atoms in total. The van der Waals surface area contributed by atoms with E-state index >= 15 is 0 Å². The molecule has 3 aromatic rings. The molecule has 3 rings (SSSR count). The molecule has 0 aliphatic carbocycles. The maximum atomic E-state index is 12.3. The molecule has 3 aromatic carbocycles. The van der Waals surface area contributed by atoms with Gasteiger partial charge in [-0.3, -0.25) is 4.79 Å². The third-order valence-corrected chi connectivity index (χ3v) is 5.58. The number of carbonyl (C=O) groups is 2. The first-order valence-electron chi connectivity index (χ1n) is 10.9. The van der Waals surface area contributed by atoms with Crippen molar-refractivity contribution in [2.24, 2.45) is 0 Å². The topological polar surface area (TPSA) is 73.9 Å². The van der Waals surface area contributed by atoms with Gasteiger partial charge in [-0.25, -0.2) is 4.79 Å². The molecular formula is C27H25Cl2NO5. The van der Waals surface area contributed by atoms with Gasteiger partial charge in [0.15, 0.2) is 11.5 Å². The first-order chi connectivity index (χ1) is 16.9. The molecule has 0 bridgehead atoms. The van der Waals surface area contributed by atoms with Gasteiger partial charge in [0.05, 0.1) is 19.3 Å². The lowest BCUT2D eigenvalue weighted by atomic mass is 10.1. The lowest BCUT2D eigenvalue weighted by Crippen LogP contribution is -2.09. The van der Waals surface area contributed by atoms with Crippen LogP contribution in [0.1, 0.15) is 34.8 Å². The van der Waals surface area contributed by atoms with Gasteiger partial charge in [0.25, 0.3) is 0 Å². The number of halogens is 2. The number of benzene rings is 3. The highest BCUT2D eigenvalue weighted by Gasteiger charge is 2.10. The SMILES string of the molecule is CCCOC(=O)c1ccc(NC(=O)/C=C/c2ccc(OCc3c(Cl)cccc3Cl)c(OC)c2)cc1. The van der Waals surface area contributed by atoms with Crippen LogP contribution in [0.15, 0.2) is 66.7 Å². The van der Waals surface area contributed by atoms with E-state index < -0.39 is 0 Å². The summed E-state index contributed by atoms with van der Waals surface area (Å²) < 4.78 is 16.4. The van der Waals surface area contributed by atoms with Crippen LogP contribution in [0.4, 0.5) is 5.69 Å². The third-order valence-electron chi connectivity index (χ3n) is 4.87. The number of anilines is 1. The summed E-state index contributed by atoms with van der Waals surface area (Å²) >= 11 is 12.4. The molecule has 0 saturated carbocycles. The fourth-order valence-electron chi connectivity index (χ4n) is 3.05. The first kappa shape index (κ1) is 26.1. The van der Waals surface area contributed by atoms with Crippen LogP contribution >= 0.6 is 23.2 Å². The van der Waals surface area contributed by atoms with Crippen LogP contribution < -0.4 is 14.8 Å². The minimum absolute atomic E-state index is 0.182. The summed E-state index contributed by atoms with van der Waals surface area (Å²) in [5.74, 6) is 0.309. The molecular weight excluding hydrogens is 489 g/mol. The molecule has 0 unspecified atom stereocenters. The predicted molar refractivity (Wildman–Crippen MR) is 138 cm³/mol. The normalized spacial score (nSPS) is 10.7. The van der Waals surface area contributed by atoms with Crippen LogP contribution in [-0.4, -0.2) is 25.6 Å². The summed E-state index contributed by atoms with van der Waals surface area (Å²) in [5, 5.41) is 3.79. The number of esters is 1. The molecule has 0 aromatic heterocycles.